The van der Waals surface area contributed by atoms with E-state index in [2.05, 4.69) is 31.9 Å². The van der Waals surface area contributed by atoms with Crippen LogP contribution in [0, 0.1) is 5.92 Å². The number of hydrogen-bond donors (Lipinski definition) is 12. The van der Waals surface area contributed by atoms with E-state index in [1.54, 1.807) is 7.05 Å². The molecule has 0 fully saturated rings. The molecule has 4 aromatic carbocycles. The van der Waals surface area contributed by atoms with E-state index in [0.29, 0.717) is 17.5 Å². The van der Waals surface area contributed by atoms with E-state index in [1.807, 2.05) is 13.8 Å². The third kappa shape index (κ3) is 14.8. The van der Waals surface area contributed by atoms with E-state index >= 15 is 0 Å². The van der Waals surface area contributed by atoms with Crippen molar-refractivity contribution in [2.45, 2.75) is 75.8 Å². The number of nitrogens with two attached hydrogens (primary N) is 1. The molecule has 6 atom stereocenters. The second kappa shape index (κ2) is 23.0. The average Bonchev–Trinajstić information content (AvgIpc) is 3.24. The van der Waals surface area contributed by atoms with Gasteiger partial charge in [0, 0.05) is 12.8 Å². The monoisotopic (exact) mass is 883 g/mol. The van der Waals surface area contributed by atoms with E-state index in [9.17, 15) is 59.1 Å². The van der Waals surface area contributed by atoms with Crippen LogP contribution in [-0.2, 0) is 46.4 Å². The van der Waals surface area contributed by atoms with Gasteiger partial charge in [0.1, 0.15) is 53.2 Å². The average molecular weight is 884 g/mol. The minimum Gasteiger partial charge on any atom is -0.508 e. The Kier molecular flexibility index (Phi) is 17.6. The molecule has 0 bridgehead atoms. The van der Waals surface area contributed by atoms with Gasteiger partial charge >= 0.3 is 5.97 Å². The zero-order valence-corrected chi connectivity index (χ0v) is 35.3. The first kappa shape index (κ1) is 49.0. The van der Waals surface area contributed by atoms with Crippen LogP contribution in [0.2, 0.25) is 0 Å². The van der Waals surface area contributed by atoms with E-state index < -0.39 is 84.1 Å². The van der Waals surface area contributed by atoms with E-state index in [0.717, 1.165) is 0 Å². The van der Waals surface area contributed by atoms with Crippen molar-refractivity contribution in [3.8, 4) is 23.0 Å². The highest BCUT2D eigenvalue weighted by Crippen LogP contribution is 2.23. The molecule has 6 amide bonds. The molecule has 64 heavy (non-hydrogen) atoms. The predicted octanol–water partition coefficient (Wildman–Crippen LogP) is 1.06. The zero-order chi connectivity index (χ0) is 47.1. The van der Waals surface area contributed by atoms with Gasteiger partial charge in [-0.3, -0.25) is 28.8 Å². The number of carboxylic acids is 1. The van der Waals surface area contributed by atoms with Crippen molar-refractivity contribution < 1.29 is 59.1 Å². The molecule has 4 aromatic rings. The highest BCUT2D eigenvalue weighted by molar-refractivity contribution is 5.98. The summed E-state index contributed by atoms with van der Waals surface area (Å²) in [5.41, 5.74) is 6.62. The molecule has 0 heterocycles. The third-order valence-electron chi connectivity index (χ3n) is 9.96. The van der Waals surface area contributed by atoms with Crippen molar-refractivity contribution in [1.29, 1.82) is 0 Å². The molecule has 19 heteroatoms. The molecular formula is C45H53N7O12. The minimum atomic E-state index is -1.74. The lowest BCUT2D eigenvalue weighted by atomic mass is 10.00. The number of amides is 6. The van der Waals surface area contributed by atoms with Crippen molar-refractivity contribution in [1.82, 2.24) is 31.9 Å². The number of rotatable bonds is 22. The Bertz CT molecular complexity index is 2250. The maximum Gasteiger partial charge on any atom is 0.326 e. The Morgan fingerprint density at radius 1 is 0.484 bits per heavy atom. The van der Waals surface area contributed by atoms with Crippen LogP contribution in [0.5, 0.6) is 23.0 Å². The number of primary amides is 1. The highest BCUT2D eigenvalue weighted by Gasteiger charge is 2.35. The molecule has 0 aliphatic rings. The highest BCUT2D eigenvalue weighted by atomic mass is 16.4. The van der Waals surface area contributed by atoms with Crippen molar-refractivity contribution in [3.05, 3.63) is 119 Å². The van der Waals surface area contributed by atoms with Crippen molar-refractivity contribution in [2.24, 2.45) is 11.7 Å². The van der Waals surface area contributed by atoms with E-state index in [-0.39, 0.29) is 52.9 Å². The molecule has 13 N–H and O–H groups in total. The lowest BCUT2D eigenvalue weighted by molar-refractivity contribution is -0.142. The Morgan fingerprint density at radius 3 is 1.23 bits per heavy atom. The van der Waals surface area contributed by atoms with Crippen molar-refractivity contribution in [3.63, 3.8) is 0 Å². The van der Waals surface area contributed by atoms with E-state index in [1.165, 1.54) is 97.1 Å². The molecular weight excluding hydrogens is 831 g/mol. The van der Waals surface area contributed by atoms with Crippen LogP contribution in [-0.4, -0.2) is 98.2 Å². The van der Waals surface area contributed by atoms with Crippen LogP contribution in [0.4, 0.5) is 0 Å². The Balaban J connectivity index is 1.65. The normalized spacial score (nSPS) is 13.8. The second-order valence-corrected chi connectivity index (χ2v) is 15.5. The molecule has 340 valence electrons. The molecule has 0 aliphatic heterocycles. The van der Waals surface area contributed by atoms with Gasteiger partial charge in [-0.25, -0.2) is 4.79 Å². The van der Waals surface area contributed by atoms with Gasteiger partial charge in [0.15, 0.2) is 0 Å². The number of aromatic hydroxyl groups is 4. The smallest absolute Gasteiger partial charge is 0.326 e. The summed E-state index contributed by atoms with van der Waals surface area (Å²) in [6.45, 7) is 3.82. The second-order valence-electron chi connectivity index (χ2n) is 15.5. The molecule has 0 radical (unpaired) electrons. The summed E-state index contributed by atoms with van der Waals surface area (Å²) in [5.74, 6) is -7.45. The number of phenols is 4. The van der Waals surface area contributed by atoms with Gasteiger partial charge in [0.2, 0.25) is 35.4 Å². The maximum atomic E-state index is 14.3. The summed E-state index contributed by atoms with van der Waals surface area (Å²) in [5, 5.41) is 65.0. The van der Waals surface area contributed by atoms with E-state index in [4.69, 9.17) is 5.73 Å². The van der Waals surface area contributed by atoms with Crippen molar-refractivity contribution in [2.75, 3.05) is 7.05 Å². The fourth-order valence-corrected chi connectivity index (χ4v) is 6.58. The zero-order valence-electron chi connectivity index (χ0n) is 35.3. The van der Waals surface area contributed by atoms with Gasteiger partial charge in [0.25, 0.3) is 0 Å². The number of nitrogens with one attached hydrogen (secondary N) is 6. The van der Waals surface area contributed by atoms with Gasteiger partial charge in [-0.15, -0.1) is 0 Å². The van der Waals surface area contributed by atoms with Crippen LogP contribution >= 0.6 is 0 Å². The first-order valence-corrected chi connectivity index (χ1v) is 20.2. The Morgan fingerprint density at radius 2 is 0.828 bits per heavy atom. The number of carbonyl (C=O) groups is 7. The summed E-state index contributed by atoms with van der Waals surface area (Å²) < 4.78 is 0. The SMILES string of the molecule is CN[C@H](CC(C)C)C(=O)N[C@H](Cc1ccc(O)cc1)C(=O)N[C@@H](CC(N)=O)C(=O)N[C@@H](C(=O)N[C@@H](C(=O)N[C@@H](Cc1ccc(O)cc1)C(=O)O)c1ccc(O)cc1)c1ccc(O)cc1. The predicted molar refractivity (Wildman–Crippen MR) is 231 cm³/mol. The fourth-order valence-electron chi connectivity index (χ4n) is 6.58. The maximum absolute atomic E-state index is 14.3. The first-order valence-electron chi connectivity index (χ1n) is 20.2. The Labute approximate surface area is 368 Å². The summed E-state index contributed by atoms with van der Waals surface area (Å²) in [7, 11) is 1.58. The Hall–Kier alpha value is -7.67. The minimum absolute atomic E-state index is 0.0449. The topological polar surface area (TPSA) is 319 Å². The first-order chi connectivity index (χ1) is 30.3. The number of aliphatic carboxylic acids is 1. The van der Waals surface area contributed by atoms with Gasteiger partial charge in [-0.1, -0.05) is 62.4 Å². The molecule has 0 aromatic heterocycles. The molecule has 0 spiro atoms. The van der Waals surface area contributed by atoms with Crippen LogP contribution in [0.15, 0.2) is 97.1 Å². The van der Waals surface area contributed by atoms with Crippen LogP contribution in [0.25, 0.3) is 0 Å². The number of carboxylic acid groups (broad SMARTS) is 1. The van der Waals surface area contributed by atoms with Crippen LogP contribution in [0.1, 0.15) is 61.0 Å². The molecule has 0 saturated carbocycles. The molecule has 0 aliphatic carbocycles. The molecule has 0 saturated heterocycles. The molecule has 19 nitrogen and oxygen atoms in total. The molecule has 0 unspecified atom stereocenters. The number of benzene rings is 4. The van der Waals surface area contributed by atoms with Gasteiger partial charge < -0.3 is 63.2 Å². The quantitative estimate of drug-likeness (QED) is 0.0526. The lowest BCUT2D eigenvalue weighted by Gasteiger charge is -2.27. The lowest BCUT2D eigenvalue weighted by Crippen LogP contribution is -2.58. The largest absolute Gasteiger partial charge is 0.508 e. The summed E-state index contributed by atoms with van der Waals surface area (Å²) in [6, 6.07) is 12.9. The number of phenolic OH excluding ortho intramolecular Hbond substituents is 4. The number of carbonyl (C=O) groups excluding carboxylic acids is 6. The molecule has 4 rings (SSSR count). The standard InChI is InChI=1S/C45H53N7O12/c1-24(2)20-33(47-3)40(58)48-34(21-25-4-12-29(53)13-5-25)41(59)49-35(23-37(46)57)42(60)51-39(28-10-18-32(56)19-11-28)44(62)52-38(27-8-16-31(55)17-9-27)43(61)50-36(45(63)64)22-26-6-14-30(54)15-7-26/h4-19,24,33-36,38-39,47,53-56H,20-23H2,1-3H3,(H2,46,57)(H,48,58)(H,49,59)(H,50,61)(H,51,60)(H,52,62)(H,63,64)/t33-,34-,35+,36+,38-,39-/m1/s1. The third-order valence-corrected chi connectivity index (χ3v) is 9.96. The summed E-state index contributed by atoms with van der Waals surface area (Å²) in [6.07, 6.45) is -0.690. The van der Waals surface area contributed by atoms with Gasteiger partial charge in [-0.05, 0) is 90.2 Å². The van der Waals surface area contributed by atoms with Gasteiger partial charge in [0.05, 0.1) is 12.5 Å². The van der Waals surface area contributed by atoms with Gasteiger partial charge in [-0.2, -0.15) is 0 Å². The number of likely N-dealkylation sites (N-methyl/N-ethyl adjacent to an activating group) is 1. The van der Waals surface area contributed by atoms with Crippen LogP contribution in [0.3, 0.4) is 0 Å². The van der Waals surface area contributed by atoms with Crippen molar-refractivity contribution >= 4 is 41.4 Å². The number of hydrogen-bond acceptors (Lipinski definition) is 12. The summed E-state index contributed by atoms with van der Waals surface area (Å²) >= 11 is 0. The fraction of sp³-hybridized carbons (Fsp3) is 0.311. The summed E-state index contributed by atoms with van der Waals surface area (Å²) in [4.78, 5) is 94.6. The van der Waals surface area contributed by atoms with Crippen LogP contribution < -0.4 is 37.6 Å².